The molecule has 2 unspecified atom stereocenters. The largest absolute Gasteiger partial charge is 0.459 e. The number of aromatic nitrogens is 20. The van der Waals surface area contributed by atoms with Gasteiger partial charge in [-0.05, 0) is 178 Å². The van der Waals surface area contributed by atoms with Crippen molar-refractivity contribution in [2.24, 2.45) is 70.5 Å². The lowest BCUT2D eigenvalue weighted by atomic mass is 10.1. The van der Waals surface area contributed by atoms with Gasteiger partial charge < -0.3 is 42.2 Å². The Morgan fingerprint density at radius 3 is 0.870 bits per heavy atom. The molecule has 0 aliphatic rings. The number of hydrogen-bond acceptors (Lipinski definition) is 28. The lowest BCUT2D eigenvalue weighted by molar-refractivity contribution is -0.157. The molecule has 0 fully saturated rings. The van der Waals surface area contributed by atoms with Crippen molar-refractivity contribution >= 4 is 218 Å². The number of nitrogens with zero attached hydrogens (tertiary/aromatic N) is 20. The quantitative estimate of drug-likeness (QED) is 0.0299. The van der Waals surface area contributed by atoms with Crippen LogP contribution in [-0.4, -0.2) is 172 Å². The monoisotopic (exact) mass is 2410 g/mol. The van der Waals surface area contributed by atoms with Gasteiger partial charge in [-0.15, -0.1) is 0 Å². The Morgan fingerprint density at radius 2 is 0.603 bits per heavy atom. The summed E-state index contributed by atoms with van der Waals surface area (Å²) in [5.74, 6) is -0.299. The Hall–Kier alpha value is -11.0. The minimum absolute atomic E-state index is 0.0351. The van der Waals surface area contributed by atoms with Crippen LogP contribution in [0.15, 0.2) is 217 Å². The van der Waals surface area contributed by atoms with Crippen LogP contribution in [0.25, 0.3) is 55.8 Å². The molecule has 48 heteroatoms. The first-order chi connectivity index (χ1) is 68.2. The van der Waals surface area contributed by atoms with Crippen LogP contribution in [0.1, 0.15) is 131 Å². The van der Waals surface area contributed by atoms with Crippen molar-refractivity contribution in [3.05, 3.63) is 276 Å². The summed E-state index contributed by atoms with van der Waals surface area (Å²) in [6.07, 6.45) is -0.0650. The lowest BCUT2D eigenvalue weighted by Crippen LogP contribution is -2.37. The predicted molar refractivity (Wildman–Crippen MR) is 589 cm³/mol. The van der Waals surface area contributed by atoms with Crippen molar-refractivity contribution in [1.82, 2.24) is 93.4 Å². The van der Waals surface area contributed by atoms with E-state index in [1.807, 2.05) is 174 Å². The predicted octanol–water partition coefficient (Wildman–Crippen LogP) is 13.2. The van der Waals surface area contributed by atoms with Gasteiger partial charge in [0.1, 0.15) is 32.6 Å². The number of fused-ring (bicyclic) bond motifs is 5. The van der Waals surface area contributed by atoms with Crippen LogP contribution in [0.3, 0.4) is 0 Å². The summed E-state index contributed by atoms with van der Waals surface area (Å²) in [4.78, 5) is 198. The summed E-state index contributed by atoms with van der Waals surface area (Å²) >= 11 is 23.5. The number of carbonyl (C=O) groups is 4. The van der Waals surface area contributed by atoms with Gasteiger partial charge in [-0.2, -0.15) is 0 Å². The SMILES string of the molecule is CC(O)CSc1nc2c(c(=O)n(C)c(=O)n2C)n1Cc1cccc(Br)c1.CC(Sc1nc2c(c(=O)n(C)c(=O)n2C)n1Cc1cccc(Br)c1)C(=O)OC(C)(C)C.CCC(=O)CSc1nc2c(c(=O)n(C)c(=O)n2C)n1Cc1cccc(Br)c1.Cn1c(=O)c2c(nc(SC(C)(C)C(=O)OC(C)(C)C)n2Cc2cccc(Br)c2)n(C)c1=O.Cn1c(=O)c2c(nc(SCC(=O)OC(C)(C)C)n2Cc2cccc(Br)c2)n(C)c1=O. The summed E-state index contributed by atoms with van der Waals surface area (Å²) in [6.45, 7) is 26.9. The van der Waals surface area contributed by atoms with Crippen LogP contribution in [0.2, 0.25) is 0 Å². The maximum Gasteiger partial charge on any atom is 0.332 e. The molecule has 0 bridgehead atoms. The maximum absolute atomic E-state index is 13.1. The number of ether oxygens (including phenoxy) is 3. The van der Waals surface area contributed by atoms with E-state index < -0.39 is 89.6 Å². The van der Waals surface area contributed by atoms with Gasteiger partial charge in [-0.25, -0.2) is 48.9 Å². The van der Waals surface area contributed by atoms with Gasteiger partial charge in [0.05, 0.1) is 50.3 Å². The topological polar surface area (TPSA) is 425 Å². The molecule has 0 saturated carbocycles. The van der Waals surface area contributed by atoms with Crippen molar-refractivity contribution < 1.29 is 38.5 Å². The van der Waals surface area contributed by atoms with E-state index in [2.05, 4.69) is 105 Å². The van der Waals surface area contributed by atoms with Crippen LogP contribution in [0.5, 0.6) is 0 Å². The molecule has 0 radical (unpaired) electrons. The number of hydrogen-bond donors (Lipinski definition) is 1. The van der Waals surface area contributed by atoms with Gasteiger partial charge in [0.25, 0.3) is 27.8 Å². The van der Waals surface area contributed by atoms with Crippen molar-refractivity contribution in [2.75, 3.05) is 17.3 Å². The molecule has 0 saturated heterocycles. The molecule has 10 aromatic heterocycles. The summed E-state index contributed by atoms with van der Waals surface area (Å²) in [7, 11) is 15.2. The number of esters is 3. The molecule has 2 atom stereocenters. The number of aliphatic hydroxyl groups excluding tert-OH is 1. The summed E-state index contributed by atoms with van der Waals surface area (Å²) in [5.41, 5.74) is 1.82. The van der Waals surface area contributed by atoms with E-state index >= 15 is 0 Å². The number of halogens is 5. The Labute approximate surface area is 900 Å². The fourth-order valence-corrected chi connectivity index (χ4v) is 21.3. The number of rotatable bonds is 26. The molecular weight excluding hydrogens is 2310 g/mol. The smallest absolute Gasteiger partial charge is 0.332 e. The number of aryl methyl sites for hydroxylation is 5. The normalized spacial score (nSPS) is 12.2. The number of imidazole rings is 5. The summed E-state index contributed by atoms with van der Waals surface area (Å²) in [6, 6.07) is 38.7. The number of aliphatic hydroxyl groups is 1. The first-order valence-electron chi connectivity index (χ1n) is 45.4. The van der Waals surface area contributed by atoms with Crippen LogP contribution in [0.4, 0.5) is 0 Å². The highest BCUT2D eigenvalue weighted by molar-refractivity contribution is 9.11. The molecule has 0 amide bonds. The number of ketones is 1. The Bertz CT molecular complexity index is 8250. The zero-order valence-corrected chi connectivity index (χ0v) is 96.8. The van der Waals surface area contributed by atoms with Crippen molar-refractivity contribution in [3.63, 3.8) is 0 Å². The van der Waals surface area contributed by atoms with Crippen LogP contribution < -0.4 is 56.2 Å². The fraction of sp³-hybridized carbons (Fsp3) is 0.398. The van der Waals surface area contributed by atoms with Crippen molar-refractivity contribution in [1.29, 1.82) is 0 Å². The first-order valence-corrected chi connectivity index (χ1v) is 54.0. The molecule has 1 N–H and O–H groups in total. The highest BCUT2D eigenvalue weighted by atomic mass is 79.9. The molecule has 0 aliphatic carbocycles. The molecule has 778 valence electrons. The molecule has 146 heavy (non-hydrogen) atoms. The Kier molecular flexibility index (Phi) is 37.7. The average molecular weight is 2420 g/mol. The zero-order chi connectivity index (χ0) is 108. The van der Waals surface area contributed by atoms with Crippen LogP contribution >= 0.6 is 138 Å². The minimum Gasteiger partial charge on any atom is -0.459 e. The van der Waals surface area contributed by atoms with E-state index in [1.54, 1.807) is 102 Å². The second-order valence-corrected chi connectivity index (χ2v) is 47.9. The second kappa shape index (κ2) is 47.7. The molecule has 15 aromatic rings. The first kappa shape index (κ1) is 115. The van der Waals surface area contributed by atoms with Crippen molar-refractivity contribution in [3.8, 4) is 0 Å². The van der Waals surface area contributed by atoms with Gasteiger partial charge in [-0.3, -0.25) is 88.8 Å². The molecule has 0 aliphatic heterocycles. The standard InChI is InChI=1S/C22H27BrN4O4S.C21H25BrN4O4S.C20H23BrN4O4S.C18H19BrN4O3S.C17H19BrN4O3S/c1-21(2,3)31-18(29)22(4,5)32-19-24-16-15(17(28)26(7)20(30)25(16)6)27(19)12-13-9-8-10-14(23)11-13;1-12(18(28)30-21(2,3)4)31-19-23-16-15(17(27)25(6)20(29)24(16)5)26(19)11-13-8-7-9-14(22)10-13;1-20(2,3)29-14(26)11-30-18-22-16-15(17(27)24(5)19(28)23(16)4)25(18)10-12-7-6-8-13(21)9-12;1-4-13(24)10-27-17-20-15-14(16(25)22(3)18(26)21(15)2)23(17)9-11-6-5-7-12(19)8-11;1-10(23)9-26-16-19-14-13(15(24)21(3)17(25)20(14)2)22(16)8-11-5-4-6-12(18)7-11/h8-11H,12H2,1-7H3;7-10,12H,11H2,1-6H3;6-9H,10-11H2,1-5H3;5-8H,4,9-10H2,1-3H3;4-7,10,23H,8-9H2,1-3H3. The number of Topliss-reactive ketones (excluding diaryl/α,β-unsaturated/α-hetero) is 1. The van der Waals surface area contributed by atoms with E-state index in [9.17, 15) is 72.2 Å². The van der Waals surface area contributed by atoms with E-state index in [1.165, 1.54) is 117 Å². The minimum atomic E-state index is -0.978. The van der Waals surface area contributed by atoms with Gasteiger partial charge in [0, 0.05) is 105 Å². The second-order valence-electron chi connectivity index (χ2n) is 37.6. The Morgan fingerprint density at radius 1 is 0.349 bits per heavy atom. The Balaban J connectivity index is 0.000000174. The number of carbonyl (C=O) groups excluding carboxylic acids is 4. The molecule has 5 aromatic carbocycles. The molecular formula is C98H113Br5N20O18S5. The van der Waals surface area contributed by atoms with Crippen LogP contribution in [0, 0.1) is 0 Å². The molecule has 0 spiro atoms. The summed E-state index contributed by atoms with van der Waals surface area (Å²) in [5, 5.41) is 11.6. The maximum atomic E-state index is 13.1. The van der Waals surface area contributed by atoms with Gasteiger partial charge in [-0.1, -0.05) is 206 Å². The average Bonchev–Trinajstić information content (AvgIpc) is 1.60. The molecule has 10 heterocycles. The highest BCUT2D eigenvalue weighted by Crippen LogP contribution is 2.38. The van der Waals surface area contributed by atoms with Gasteiger partial charge >= 0.3 is 46.4 Å². The van der Waals surface area contributed by atoms with E-state index in [0.717, 1.165) is 73.0 Å². The van der Waals surface area contributed by atoms with E-state index in [-0.39, 0.29) is 51.7 Å². The van der Waals surface area contributed by atoms with Gasteiger partial charge in [0.15, 0.2) is 81.6 Å². The van der Waals surface area contributed by atoms with E-state index in [4.69, 9.17) is 14.2 Å². The third-order valence-electron chi connectivity index (χ3n) is 21.9. The third kappa shape index (κ3) is 27.6. The molecule has 15 rings (SSSR count). The van der Waals surface area contributed by atoms with Crippen LogP contribution in [-0.2, 0) is 137 Å². The van der Waals surface area contributed by atoms with E-state index in [0.29, 0.717) is 110 Å². The highest BCUT2D eigenvalue weighted by Gasteiger charge is 2.38. The van der Waals surface area contributed by atoms with Gasteiger partial charge in [0.2, 0.25) is 0 Å². The number of benzene rings is 5. The fourth-order valence-electron chi connectivity index (χ4n) is 14.7. The molecule has 38 nitrogen and oxygen atoms in total. The summed E-state index contributed by atoms with van der Waals surface area (Å²) < 4.78 is 41.0. The zero-order valence-electron chi connectivity index (χ0n) is 84.8. The lowest BCUT2D eigenvalue weighted by Gasteiger charge is -2.27. The number of thioether (sulfide) groups is 5. The third-order valence-corrected chi connectivity index (χ3v) is 29.8. The van der Waals surface area contributed by atoms with Crippen molar-refractivity contribution in [2.45, 2.75) is 195 Å².